The average molecular weight is 926 g/mol. The summed E-state index contributed by atoms with van der Waals surface area (Å²) in [5, 5.41) is 7.24. The first-order valence-electron chi connectivity index (χ1n) is 22.6. The smallest absolute Gasteiger partial charge is 0.293 e. The van der Waals surface area contributed by atoms with Gasteiger partial charge in [-0.15, -0.1) is 11.3 Å². The van der Waals surface area contributed by atoms with E-state index in [1.54, 1.807) is 42.5 Å². The van der Waals surface area contributed by atoms with Gasteiger partial charge in [-0.3, -0.25) is 58.6 Å². The normalized spacial score (nSPS) is 19.3. The Hall–Kier alpha value is -6.94. The molecule has 3 aromatic carbocycles. The lowest BCUT2D eigenvalue weighted by Gasteiger charge is -2.29. The molecule has 0 spiro atoms. The molecule has 2 saturated heterocycles. The first-order valence-corrected chi connectivity index (χ1v) is 23.4. The fourth-order valence-electron chi connectivity index (χ4n) is 9.10. The number of Topliss-reactive ketones (excluding diaryl/α,β-unsaturated/α-hetero) is 3. The van der Waals surface area contributed by atoms with Gasteiger partial charge in [-0.2, -0.15) is 0 Å². The number of benzene rings is 3. The molecular formula is C51H51N5O10S. The van der Waals surface area contributed by atoms with Gasteiger partial charge in [0.05, 0.1) is 4.88 Å². The molecular weight excluding hydrogens is 875 g/mol. The molecule has 4 aromatic rings. The van der Waals surface area contributed by atoms with Gasteiger partial charge in [0.25, 0.3) is 23.5 Å². The van der Waals surface area contributed by atoms with Crippen LogP contribution in [0.5, 0.6) is 0 Å². The number of carbonyl (C=O) groups excluding carboxylic acids is 10. The van der Waals surface area contributed by atoms with Gasteiger partial charge in [0.15, 0.2) is 0 Å². The lowest BCUT2D eigenvalue weighted by Crippen LogP contribution is -2.52. The van der Waals surface area contributed by atoms with E-state index in [2.05, 4.69) is 22.9 Å². The lowest BCUT2D eigenvalue weighted by molar-refractivity contribution is -0.138. The van der Waals surface area contributed by atoms with Crippen molar-refractivity contribution in [1.82, 2.24) is 25.8 Å². The first kappa shape index (κ1) is 46.6. The second-order valence-electron chi connectivity index (χ2n) is 18.4. The van der Waals surface area contributed by atoms with Crippen molar-refractivity contribution in [1.29, 1.82) is 0 Å². The Balaban J connectivity index is 0.000000182. The second kappa shape index (κ2) is 18.7. The summed E-state index contributed by atoms with van der Waals surface area (Å²) < 4.78 is 0. The van der Waals surface area contributed by atoms with Crippen molar-refractivity contribution in [2.45, 2.75) is 122 Å². The summed E-state index contributed by atoms with van der Waals surface area (Å²) in [5.41, 5.74) is 6.90. The highest BCUT2D eigenvalue weighted by molar-refractivity contribution is 7.15. The van der Waals surface area contributed by atoms with E-state index in [9.17, 15) is 47.9 Å². The van der Waals surface area contributed by atoms with Crippen LogP contribution in [0.2, 0.25) is 0 Å². The Morgan fingerprint density at radius 1 is 0.731 bits per heavy atom. The Kier molecular flexibility index (Phi) is 13.0. The number of ketones is 3. The van der Waals surface area contributed by atoms with Crippen LogP contribution in [-0.4, -0.2) is 80.6 Å². The van der Waals surface area contributed by atoms with Gasteiger partial charge >= 0.3 is 0 Å². The number of amides is 7. The third kappa shape index (κ3) is 9.53. The highest BCUT2D eigenvalue weighted by Gasteiger charge is 2.42. The first-order chi connectivity index (χ1) is 31.9. The van der Waals surface area contributed by atoms with Gasteiger partial charge < -0.3 is 15.1 Å². The Bertz CT molecular complexity index is 2790. The number of hydrogen-bond acceptors (Lipinski definition) is 11. The zero-order chi connectivity index (χ0) is 47.9. The quantitative estimate of drug-likeness (QED) is 0.0892. The maximum atomic E-state index is 13.0. The number of carbonyl (C=O) groups is 10. The van der Waals surface area contributed by atoms with Crippen LogP contribution >= 0.6 is 11.3 Å². The molecule has 16 heteroatoms. The van der Waals surface area contributed by atoms with Crippen molar-refractivity contribution in [2.75, 3.05) is 0 Å². The molecule has 2 unspecified atom stereocenters. The average Bonchev–Trinajstić information content (AvgIpc) is 3.57. The fourth-order valence-corrected chi connectivity index (χ4v) is 10.0. The zero-order valence-corrected chi connectivity index (χ0v) is 38.6. The van der Waals surface area contributed by atoms with Gasteiger partial charge in [-0.25, -0.2) is 0 Å². The topological polar surface area (TPSA) is 213 Å². The highest BCUT2D eigenvalue weighted by atomic mass is 32.1. The van der Waals surface area contributed by atoms with E-state index in [-0.39, 0.29) is 80.3 Å². The Morgan fingerprint density at radius 2 is 1.33 bits per heavy atom. The highest BCUT2D eigenvalue weighted by Crippen LogP contribution is 2.47. The molecule has 346 valence electrons. The van der Waals surface area contributed by atoms with Gasteiger partial charge in [0.2, 0.25) is 35.2 Å². The standard InChI is InChI=1S/C28H28N2O5.C23H23N3O5S/c1-16-17(6-11-23(31)25(33)18-3-7-19(8-4-18)28(2)13-14-28)5-9-20-21(16)15-30(27(20)35)22-10-12-24(32)29-26(22)34;1-12(2)17-7-8-18(32-17)20(28)22(30)24-10-13-4-3-5-14-15(13)11-26(23(14)31)16-6-9-19(27)25-21(16)29/h3-5,7-9,22H,6,10-15H2,1-2H3,(H,29,32,34);3-5,7-8,12,16H,6,9-11H2,1-2H3,(H,24,30)(H,25,27,29). The van der Waals surface area contributed by atoms with Crippen LogP contribution in [0.3, 0.4) is 0 Å². The number of thiophene rings is 1. The summed E-state index contributed by atoms with van der Waals surface area (Å²) in [6, 6.07) is 18.3. The van der Waals surface area contributed by atoms with Crippen LogP contribution in [0.4, 0.5) is 0 Å². The van der Waals surface area contributed by atoms with E-state index in [1.807, 2.05) is 45.0 Å². The number of rotatable bonds is 13. The number of imide groups is 2. The van der Waals surface area contributed by atoms with Crippen LogP contribution in [0.25, 0.3) is 0 Å². The van der Waals surface area contributed by atoms with Crippen molar-refractivity contribution in [3.8, 4) is 0 Å². The van der Waals surface area contributed by atoms with Gasteiger partial charge in [-0.05, 0) is 108 Å². The van der Waals surface area contributed by atoms with Crippen LogP contribution < -0.4 is 16.0 Å². The van der Waals surface area contributed by atoms with Crippen LogP contribution in [0.15, 0.2) is 66.7 Å². The predicted molar refractivity (Wildman–Crippen MR) is 245 cm³/mol. The third-order valence-electron chi connectivity index (χ3n) is 13.6. The van der Waals surface area contributed by atoms with Crippen molar-refractivity contribution in [3.05, 3.63) is 127 Å². The molecule has 5 heterocycles. The van der Waals surface area contributed by atoms with Crippen LogP contribution in [-0.2, 0) is 60.2 Å². The largest absolute Gasteiger partial charge is 0.345 e. The fraction of sp³-hybridized carbons (Fsp3) is 0.373. The summed E-state index contributed by atoms with van der Waals surface area (Å²) in [5.74, 6) is -3.99. The maximum Gasteiger partial charge on any atom is 0.293 e. The molecule has 0 bridgehead atoms. The van der Waals surface area contributed by atoms with Crippen molar-refractivity contribution in [3.63, 3.8) is 0 Å². The molecule has 3 fully saturated rings. The Labute approximate surface area is 391 Å². The molecule has 7 amide bonds. The van der Waals surface area contributed by atoms with Gasteiger partial charge in [0.1, 0.15) is 12.1 Å². The number of hydrogen-bond donors (Lipinski definition) is 3. The van der Waals surface area contributed by atoms with Gasteiger partial charge in [0, 0.05) is 60.5 Å². The molecule has 5 aliphatic rings. The summed E-state index contributed by atoms with van der Waals surface area (Å²) >= 11 is 1.31. The molecule has 67 heavy (non-hydrogen) atoms. The molecule has 0 radical (unpaired) electrons. The minimum Gasteiger partial charge on any atom is -0.345 e. The van der Waals surface area contributed by atoms with E-state index >= 15 is 0 Å². The summed E-state index contributed by atoms with van der Waals surface area (Å²) in [6.45, 7) is 8.74. The number of piperidine rings is 2. The number of nitrogens with one attached hydrogen (secondary N) is 3. The molecule has 1 saturated carbocycles. The predicted octanol–water partition coefficient (Wildman–Crippen LogP) is 5.32. The number of fused-ring (bicyclic) bond motifs is 2. The van der Waals surface area contributed by atoms with E-state index in [0.717, 1.165) is 34.4 Å². The van der Waals surface area contributed by atoms with E-state index in [4.69, 9.17) is 0 Å². The molecule has 9 rings (SSSR count). The monoisotopic (exact) mass is 925 g/mol. The second-order valence-corrected chi connectivity index (χ2v) is 19.5. The molecule has 3 N–H and O–H groups in total. The summed E-state index contributed by atoms with van der Waals surface area (Å²) in [4.78, 5) is 128. The maximum absolute atomic E-state index is 13.0. The van der Waals surface area contributed by atoms with E-state index < -0.39 is 47.2 Å². The zero-order valence-electron chi connectivity index (χ0n) is 37.7. The molecule has 1 aromatic heterocycles. The number of aryl methyl sites for hydroxylation is 1. The minimum atomic E-state index is -0.703. The van der Waals surface area contributed by atoms with Crippen molar-refractivity contribution >= 4 is 70.0 Å². The lowest BCUT2D eigenvalue weighted by atomic mass is 9.93. The van der Waals surface area contributed by atoms with E-state index in [0.29, 0.717) is 45.5 Å². The van der Waals surface area contributed by atoms with Crippen LogP contribution in [0, 0.1) is 6.92 Å². The summed E-state index contributed by atoms with van der Waals surface area (Å²) in [7, 11) is 0. The van der Waals surface area contributed by atoms with E-state index in [1.165, 1.54) is 26.7 Å². The van der Waals surface area contributed by atoms with Crippen molar-refractivity contribution in [2.24, 2.45) is 0 Å². The minimum absolute atomic E-state index is 0.0860. The van der Waals surface area contributed by atoms with Crippen molar-refractivity contribution < 1.29 is 47.9 Å². The molecule has 2 atom stereocenters. The third-order valence-corrected chi connectivity index (χ3v) is 15.0. The molecule has 4 aliphatic heterocycles. The number of nitrogens with zero attached hydrogens (tertiary/aromatic N) is 2. The summed E-state index contributed by atoms with van der Waals surface area (Å²) in [6.07, 6.45) is 3.76. The molecule has 15 nitrogen and oxygen atoms in total. The van der Waals surface area contributed by atoms with Crippen LogP contribution in [0.1, 0.15) is 151 Å². The molecule has 1 aliphatic carbocycles. The Morgan fingerprint density at radius 3 is 1.90 bits per heavy atom. The SMILES string of the molecule is CC(C)c1ccc(C(=O)C(=O)NCc2cccc3c2CN(C2CCC(=O)NC2=O)C3=O)s1.Cc1c(CCC(=O)C(=O)c2ccc(C3(C)CC3)cc2)ccc2c1CN(C1CCC(=O)NC1=O)C2=O. The van der Waals surface area contributed by atoms with Gasteiger partial charge in [-0.1, -0.05) is 63.2 Å².